The number of benzene rings is 1. The van der Waals surface area contributed by atoms with Crippen molar-refractivity contribution in [3.05, 3.63) is 23.8 Å². The molecule has 1 N–H and O–H groups in total. The number of hydrogen-bond acceptors (Lipinski definition) is 4. The lowest BCUT2D eigenvalue weighted by Crippen LogP contribution is -2.43. The summed E-state index contributed by atoms with van der Waals surface area (Å²) in [5, 5.41) is 2.83. The van der Waals surface area contributed by atoms with Gasteiger partial charge in [0.25, 0.3) is 5.91 Å². The highest BCUT2D eigenvalue weighted by atomic mass is 32.2. The number of nitrogens with one attached hydrogen (secondary N) is 1. The van der Waals surface area contributed by atoms with Gasteiger partial charge in [0.15, 0.2) is 0 Å². The minimum atomic E-state index is -0.0339. The normalized spacial score (nSPS) is 20.7. The van der Waals surface area contributed by atoms with Crippen LogP contribution in [-0.2, 0) is 9.59 Å². The number of fused-ring (bicyclic) bond motifs is 1. The van der Waals surface area contributed by atoms with Crippen molar-refractivity contribution in [3.63, 3.8) is 0 Å². The highest BCUT2D eigenvalue weighted by molar-refractivity contribution is 8.00. The second-order valence-corrected chi connectivity index (χ2v) is 8.16. The third-order valence-corrected chi connectivity index (χ3v) is 6.48. The van der Waals surface area contributed by atoms with Gasteiger partial charge in [0.1, 0.15) is 0 Å². The van der Waals surface area contributed by atoms with E-state index in [4.69, 9.17) is 0 Å². The van der Waals surface area contributed by atoms with E-state index in [1.54, 1.807) is 6.07 Å². The van der Waals surface area contributed by atoms with E-state index in [-0.39, 0.29) is 23.6 Å². The maximum atomic E-state index is 12.8. The Hall–Kier alpha value is -2.02. The maximum absolute atomic E-state index is 12.8. The van der Waals surface area contributed by atoms with Crippen molar-refractivity contribution in [2.75, 3.05) is 37.2 Å². The molecule has 26 heavy (non-hydrogen) atoms. The lowest BCUT2D eigenvalue weighted by Gasteiger charge is -2.33. The predicted molar refractivity (Wildman–Crippen MR) is 100 cm³/mol. The number of rotatable bonds is 2. The molecule has 0 unspecified atom stereocenters. The molecule has 1 aromatic carbocycles. The van der Waals surface area contributed by atoms with Gasteiger partial charge in [0.05, 0.1) is 11.4 Å². The third kappa shape index (κ3) is 3.45. The summed E-state index contributed by atoms with van der Waals surface area (Å²) in [6.07, 6.45) is 3.68. The number of anilines is 1. The molecular formula is C19H23N3O3S. The minimum Gasteiger partial charge on any atom is -0.342 e. The Labute approximate surface area is 157 Å². The van der Waals surface area contributed by atoms with Gasteiger partial charge in [-0.2, -0.15) is 0 Å². The summed E-state index contributed by atoms with van der Waals surface area (Å²) in [6.45, 7) is 3.00. The van der Waals surface area contributed by atoms with Gasteiger partial charge in [-0.15, -0.1) is 11.8 Å². The Morgan fingerprint density at radius 3 is 2.50 bits per heavy atom. The molecular weight excluding hydrogens is 350 g/mol. The van der Waals surface area contributed by atoms with Crippen LogP contribution in [0.3, 0.4) is 0 Å². The fourth-order valence-corrected chi connectivity index (χ4v) is 4.71. The SMILES string of the molecule is O=C1CSc2ccc(C(=O)N3CCC(C(=O)N4CCCC4)CC3)cc2N1. The molecule has 3 aliphatic rings. The molecule has 2 saturated heterocycles. The fourth-order valence-electron chi connectivity index (χ4n) is 3.92. The summed E-state index contributed by atoms with van der Waals surface area (Å²) in [4.78, 5) is 41.7. The summed E-state index contributed by atoms with van der Waals surface area (Å²) in [5.41, 5.74) is 1.31. The van der Waals surface area contributed by atoms with Crippen molar-refractivity contribution in [1.29, 1.82) is 0 Å². The van der Waals surface area contributed by atoms with Crippen LogP contribution in [-0.4, -0.2) is 59.5 Å². The largest absolute Gasteiger partial charge is 0.342 e. The molecule has 7 heteroatoms. The predicted octanol–water partition coefficient (Wildman–Crippen LogP) is 2.21. The van der Waals surface area contributed by atoms with Crippen molar-refractivity contribution < 1.29 is 14.4 Å². The molecule has 2 fully saturated rings. The zero-order valence-corrected chi connectivity index (χ0v) is 15.5. The number of piperidine rings is 1. The van der Waals surface area contributed by atoms with E-state index in [2.05, 4.69) is 5.32 Å². The summed E-state index contributed by atoms with van der Waals surface area (Å²) in [5.74, 6) is 0.677. The van der Waals surface area contributed by atoms with E-state index in [1.807, 2.05) is 21.9 Å². The van der Waals surface area contributed by atoms with Crippen molar-refractivity contribution in [2.45, 2.75) is 30.6 Å². The number of nitrogens with zero attached hydrogens (tertiary/aromatic N) is 2. The van der Waals surface area contributed by atoms with E-state index >= 15 is 0 Å². The second-order valence-electron chi connectivity index (χ2n) is 7.15. The first-order valence-corrected chi connectivity index (χ1v) is 10.2. The van der Waals surface area contributed by atoms with Crippen molar-refractivity contribution in [2.24, 2.45) is 5.92 Å². The van der Waals surface area contributed by atoms with Crippen LogP contribution in [0, 0.1) is 5.92 Å². The van der Waals surface area contributed by atoms with Crippen LogP contribution >= 0.6 is 11.8 Å². The average Bonchev–Trinajstić information content (AvgIpc) is 3.21. The van der Waals surface area contributed by atoms with Crippen LogP contribution < -0.4 is 5.32 Å². The molecule has 0 saturated carbocycles. The van der Waals surface area contributed by atoms with E-state index < -0.39 is 0 Å². The zero-order valence-electron chi connectivity index (χ0n) is 14.7. The molecule has 3 heterocycles. The first-order valence-electron chi connectivity index (χ1n) is 9.26. The number of hydrogen-bond donors (Lipinski definition) is 1. The van der Waals surface area contributed by atoms with Crippen molar-refractivity contribution >= 4 is 35.2 Å². The summed E-state index contributed by atoms with van der Waals surface area (Å²) < 4.78 is 0. The number of thioether (sulfide) groups is 1. The van der Waals surface area contributed by atoms with Gasteiger partial charge in [-0.25, -0.2) is 0 Å². The first-order chi connectivity index (χ1) is 12.6. The topological polar surface area (TPSA) is 69.7 Å². The van der Waals surface area contributed by atoms with Gasteiger partial charge in [-0.1, -0.05) is 0 Å². The Kier molecular flexibility index (Phi) is 4.89. The number of amides is 3. The highest BCUT2D eigenvalue weighted by Crippen LogP contribution is 2.32. The Morgan fingerprint density at radius 1 is 1.04 bits per heavy atom. The molecule has 1 aromatic rings. The maximum Gasteiger partial charge on any atom is 0.253 e. The molecule has 6 nitrogen and oxygen atoms in total. The molecule has 0 aromatic heterocycles. The van der Waals surface area contributed by atoms with E-state index in [0.29, 0.717) is 24.4 Å². The van der Waals surface area contributed by atoms with Crippen molar-refractivity contribution in [1.82, 2.24) is 9.80 Å². The summed E-state index contributed by atoms with van der Waals surface area (Å²) >= 11 is 1.49. The highest BCUT2D eigenvalue weighted by Gasteiger charge is 2.31. The van der Waals surface area contributed by atoms with Crippen LogP contribution in [0.25, 0.3) is 0 Å². The second kappa shape index (κ2) is 7.31. The van der Waals surface area contributed by atoms with Gasteiger partial charge in [-0.05, 0) is 43.9 Å². The monoisotopic (exact) mass is 373 g/mol. The molecule has 0 atom stereocenters. The minimum absolute atomic E-state index is 0.0234. The molecule has 3 aliphatic heterocycles. The van der Waals surface area contributed by atoms with Crippen LogP contribution in [0.4, 0.5) is 5.69 Å². The zero-order chi connectivity index (χ0) is 18.1. The Balaban J connectivity index is 1.38. The van der Waals surface area contributed by atoms with Crippen LogP contribution in [0.15, 0.2) is 23.1 Å². The molecule has 4 rings (SSSR count). The molecule has 0 bridgehead atoms. The van der Waals surface area contributed by atoms with Crippen molar-refractivity contribution in [3.8, 4) is 0 Å². The number of carbonyl (C=O) groups is 3. The number of likely N-dealkylation sites (tertiary alicyclic amines) is 2. The van der Waals surface area contributed by atoms with Gasteiger partial charge in [-0.3, -0.25) is 14.4 Å². The van der Waals surface area contributed by atoms with Crippen LogP contribution in [0.1, 0.15) is 36.0 Å². The molecule has 3 amide bonds. The Morgan fingerprint density at radius 2 is 1.77 bits per heavy atom. The number of carbonyl (C=O) groups excluding carboxylic acids is 3. The average molecular weight is 373 g/mol. The summed E-state index contributed by atoms with van der Waals surface area (Å²) in [7, 11) is 0. The quantitative estimate of drug-likeness (QED) is 0.863. The van der Waals surface area contributed by atoms with Gasteiger partial charge < -0.3 is 15.1 Å². The first kappa shape index (κ1) is 17.4. The van der Waals surface area contributed by atoms with Gasteiger partial charge in [0, 0.05) is 42.6 Å². The molecule has 138 valence electrons. The fraction of sp³-hybridized carbons (Fsp3) is 0.526. The third-order valence-electron chi connectivity index (χ3n) is 5.41. The molecule has 0 spiro atoms. The Bertz CT molecular complexity index is 738. The van der Waals surface area contributed by atoms with Crippen LogP contribution in [0.5, 0.6) is 0 Å². The van der Waals surface area contributed by atoms with E-state index in [0.717, 1.165) is 49.4 Å². The van der Waals surface area contributed by atoms with Gasteiger partial charge >= 0.3 is 0 Å². The summed E-state index contributed by atoms with van der Waals surface area (Å²) in [6, 6.07) is 5.49. The smallest absolute Gasteiger partial charge is 0.253 e. The van der Waals surface area contributed by atoms with Crippen LogP contribution in [0.2, 0.25) is 0 Å². The molecule has 0 radical (unpaired) electrons. The van der Waals surface area contributed by atoms with E-state index in [9.17, 15) is 14.4 Å². The molecule has 0 aliphatic carbocycles. The standard InChI is InChI=1S/C19H23N3O3S/c23-17-12-26-16-4-3-14(11-15(16)20-17)19(25)22-9-5-13(6-10-22)18(24)21-7-1-2-8-21/h3-4,11,13H,1-2,5-10,12H2,(H,20,23). The lowest BCUT2D eigenvalue weighted by atomic mass is 9.95. The van der Waals surface area contributed by atoms with Gasteiger partial charge in [0.2, 0.25) is 11.8 Å². The van der Waals surface area contributed by atoms with E-state index in [1.165, 1.54) is 11.8 Å². The lowest BCUT2D eigenvalue weighted by molar-refractivity contribution is -0.135.